The molecule has 1 aliphatic carbocycles. The number of aryl methyl sites for hydroxylation is 2. The van der Waals surface area contributed by atoms with Gasteiger partial charge >= 0.3 is 0 Å². The second-order valence-electron chi connectivity index (χ2n) is 4.36. The zero-order valence-electron chi connectivity index (χ0n) is 9.09. The fourth-order valence-corrected chi connectivity index (χ4v) is 1.45. The summed E-state index contributed by atoms with van der Waals surface area (Å²) in [6, 6.07) is 2.04. The number of aromatic nitrogens is 2. The molecule has 2 rings (SSSR count). The van der Waals surface area contributed by atoms with Gasteiger partial charge in [0.25, 0.3) is 0 Å². The molecule has 1 fully saturated rings. The molecule has 3 nitrogen and oxygen atoms in total. The minimum absolute atomic E-state index is 0.263. The first-order valence-corrected chi connectivity index (χ1v) is 5.24. The first-order chi connectivity index (χ1) is 6.61. The molecular formula is C11H17N3. The molecular weight excluding hydrogens is 174 g/mol. The van der Waals surface area contributed by atoms with Gasteiger partial charge < -0.3 is 5.32 Å². The molecule has 14 heavy (non-hydrogen) atoms. The third-order valence-corrected chi connectivity index (χ3v) is 2.68. The standard InChI is InChI=1S/C11H17N3/c1-4-9-7-8(2)12-10(13-9)14-11(3)5-6-11/h7H,4-6H2,1-3H3,(H,12,13,14). The molecule has 1 aromatic rings. The minimum Gasteiger partial charge on any atom is -0.349 e. The summed E-state index contributed by atoms with van der Waals surface area (Å²) >= 11 is 0. The summed E-state index contributed by atoms with van der Waals surface area (Å²) in [6.07, 6.45) is 3.42. The van der Waals surface area contributed by atoms with Crippen LogP contribution in [0.15, 0.2) is 6.07 Å². The highest BCUT2D eigenvalue weighted by molar-refractivity contribution is 5.34. The third kappa shape index (κ3) is 2.03. The lowest BCUT2D eigenvalue weighted by molar-refractivity contribution is 0.801. The van der Waals surface area contributed by atoms with Crippen LogP contribution >= 0.6 is 0 Å². The smallest absolute Gasteiger partial charge is 0.223 e. The van der Waals surface area contributed by atoms with Crippen molar-refractivity contribution < 1.29 is 0 Å². The molecule has 0 bridgehead atoms. The van der Waals surface area contributed by atoms with Crippen LogP contribution in [0.1, 0.15) is 38.1 Å². The maximum atomic E-state index is 4.46. The zero-order chi connectivity index (χ0) is 10.2. The van der Waals surface area contributed by atoms with Crippen LogP contribution in [0.3, 0.4) is 0 Å². The van der Waals surface area contributed by atoms with Crippen molar-refractivity contribution >= 4 is 5.95 Å². The maximum Gasteiger partial charge on any atom is 0.223 e. The normalized spacial score (nSPS) is 17.9. The fourth-order valence-electron chi connectivity index (χ4n) is 1.45. The van der Waals surface area contributed by atoms with Crippen LogP contribution in [0.5, 0.6) is 0 Å². The second-order valence-corrected chi connectivity index (χ2v) is 4.36. The van der Waals surface area contributed by atoms with Crippen molar-refractivity contribution in [1.82, 2.24) is 9.97 Å². The lowest BCUT2D eigenvalue weighted by Crippen LogP contribution is -2.18. The van der Waals surface area contributed by atoms with E-state index in [2.05, 4.69) is 29.1 Å². The summed E-state index contributed by atoms with van der Waals surface area (Å²) in [5.41, 5.74) is 2.42. The van der Waals surface area contributed by atoms with Crippen molar-refractivity contribution in [3.63, 3.8) is 0 Å². The maximum absolute atomic E-state index is 4.46. The Bertz CT molecular complexity index is 342. The molecule has 0 atom stereocenters. The first kappa shape index (κ1) is 9.44. The average Bonchev–Trinajstić information content (AvgIpc) is 2.82. The predicted octanol–water partition coefficient (Wildman–Crippen LogP) is 2.31. The second kappa shape index (κ2) is 3.23. The summed E-state index contributed by atoms with van der Waals surface area (Å²) in [7, 11) is 0. The zero-order valence-corrected chi connectivity index (χ0v) is 9.09. The fraction of sp³-hybridized carbons (Fsp3) is 0.636. The van der Waals surface area contributed by atoms with Gasteiger partial charge in [-0.25, -0.2) is 9.97 Å². The van der Waals surface area contributed by atoms with Gasteiger partial charge in [0.05, 0.1) is 0 Å². The largest absolute Gasteiger partial charge is 0.349 e. The summed E-state index contributed by atoms with van der Waals surface area (Å²) in [5.74, 6) is 0.793. The van der Waals surface area contributed by atoms with Gasteiger partial charge in [0.2, 0.25) is 5.95 Å². The van der Waals surface area contributed by atoms with E-state index < -0.39 is 0 Å². The molecule has 1 N–H and O–H groups in total. The Kier molecular flexibility index (Phi) is 2.17. The first-order valence-electron chi connectivity index (χ1n) is 5.24. The number of rotatable bonds is 3. The molecule has 1 aliphatic rings. The molecule has 1 aromatic heterocycles. The molecule has 0 amide bonds. The number of anilines is 1. The molecule has 0 aromatic carbocycles. The van der Waals surface area contributed by atoms with E-state index in [9.17, 15) is 0 Å². The third-order valence-electron chi connectivity index (χ3n) is 2.68. The van der Waals surface area contributed by atoms with Gasteiger partial charge in [0, 0.05) is 16.9 Å². The highest BCUT2D eigenvalue weighted by atomic mass is 15.2. The summed E-state index contributed by atoms with van der Waals surface area (Å²) in [6.45, 7) is 6.34. The lowest BCUT2D eigenvalue weighted by atomic mass is 10.3. The van der Waals surface area contributed by atoms with Crippen LogP contribution < -0.4 is 5.32 Å². The highest BCUT2D eigenvalue weighted by Crippen LogP contribution is 2.37. The highest BCUT2D eigenvalue weighted by Gasteiger charge is 2.37. The van der Waals surface area contributed by atoms with E-state index in [0.29, 0.717) is 0 Å². The van der Waals surface area contributed by atoms with Gasteiger partial charge in [-0.2, -0.15) is 0 Å². The van der Waals surface area contributed by atoms with Crippen LogP contribution in [-0.2, 0) is 6.42 Å². The van der Waals surface area contributed by atoms with Crippen molar-refractivity contribution in [1.29, 1.82) is 0 Å². The number of hydrogen-bond acceptors (Lipinski definition) is 3. The molecule has 76 valence electrons. The molecule has 1 saturated carbocycles. The summed E-state index contributed by atoms with van der Waals surface area (Å²) < 4.78 is 0. The van der Waals surface area contributed by atoms with Gasteiger partial charge in [-0.1, -0.05) is 6.92 Å². The molecule has 0 aliphatic heterocycles. The Hall–Kier alpha value is -1.12. The summed E-state index contributed by atoms with van der Waals surface area (Å²) in [4.78, 5) is 8.84. The van der Waals surface area contributed by atoms with Crippen molar-refractivity contribution in [3.8, 4) is 0 Å². The van der Waals surface area contributed by atoms with Crippen LogP contribution in [-0.4, -0.2) is 15.5 Å². The number of nitrogens with zero attached hydrogens (tertiary/aromatic N) is 2. The van der Waals surface area contributed by atoms with E-state index >= 15 is 0 Å². The molecule has 0 radical (unpaired) electrons. The SMILES string of the molecule is CCc1cc(C)nc(NC2(C)CC2)n1. The van der Waals surface area contributed by atoms with Crippen molar-refractivity contribution in [2.75, 3.05) is 5.32 Å². The van der Waals surface area contributed by atoms with Gasteiger partial charge in [-0.3, -0.25) is 0 Å². The minimum atomic E-state index is 0.263. The molecule has 1 heterocycles. The average molecular weight is 191 g/mol. The van der Waals surface area contributed by atoms with E-state index in [1.54, 1.807) is 0 Å². The van der Waals surface area contributed by atoms with Crippen LogP contribution in [0, 0.1) is 6.92 Å². The van der Waals surface area contributed by atoms with Gasteiger partial charge in [0.15, 0.2) is 0 Å². The monoisotopic (exact) mass is 191 g/mol. The molecule has 0 spiro atoms. The molecule has 3 heteroatoms. The Morgan fingerprint density at radius 1 is 1.43 bits per heavy atom. The Morgan fingerprint density at radius 2 is 2.14 bits per heavy atom. The Morgan fingerprint density at radius 3 is 2.71 bits per heavy atom. The van der Waals surface area contributed by atoms with E-state index in [1.807, 2.05) is 13.0 Å². The number of nitrogens with one attached hydrogen (secondary N) is 1. The van der Waals surface area contributed by atoms with Crippen molar-refractivity contribution in [2.45, 2.75) is 45.6 Å². The number of hydrogen-bond donors (Lipinski definition) is 1. The summed E-state index contributed by atoms with van der Waals surface area (Å²) in [5, 5.41) is 3.39. The van der Waals surface area contributed by atoms with Crippen LogP contribution in [0.2, 0.25) is 0 Å². The Labute approximate surface area is 85.0 Å². The molecule has 0 saturated heterocycles. The Balaban J connectivity index is 2.20. The predicted molar refractivity (Wildman–Crippen MR) is 57.4 cm³/mol. The van der Waals surface area contributed by atoms with Crippen molar-refractivity contribution in [3.05, 3.63) is 17.5 Å². The van der Waals surface area contributed by atoms with E-state index in [-0.39, 0.29) is 5.54 Å². The van der Waals surface area contributed by atoms with Crippen molar-refractivity contribution in [2.24, 2.45) is 0 Å². The topological polar surface area (TPSA) is 37.8 Å². The van der Waals surface area contributed by atoms with Gasteiger partial charge in [-0.05, 0) is 39.2 Å². The van der Waals surface area contributed by atoms with Gasteiger partial charge in [0.1, 0.15) is 0 Å². The van der Waals surface area contributed by atoms with E-state index in [1.165, 1.54) is 12.8 Å². The molecule has 0 unspecified atom stereocenters. The van der Waals surface area contributed by atoms with E-state index in [0.717, 1.165) is 23.8 Å². The van der Waals surface area contributed by atoms with Gasteiger partial charge in [-0.15, -0.1) is 0 Å². The van der Waals surface area contributed by atoms with Crippen LogP contribution in [0.4, 0.5) is 5.95 Å². The lowest BCUT2D eigenvalue weighted by Gasteiger charge is -2.12. The quantitative estimate of drug-likeness (QED) is 0.796. The van der Waals surface area contributed by atoms with E-state index in [4.69, 9.17) is 0 Å². The van der Waals surface area contributed by atoms with Crippen LogP contribution in [0.25, 0.3) is 0 Å².